The van der Waals surface area contributed by atoms with Crippen molar-refractivity contribution < 1.29 is 14.3 Å². The second-order valence-corrected chi connectivity index (χ2v) is 5.90. The average Bonchev–Trinajstić information content (AvgIpc) is 2.39. The van der Waals surface area contributed by atoms with E-state index in [1.807, 2.05) is 13.8 Å². The zero-order valence-corrected chi connectivity index (χ0v) is 13.1. The molecule has 1 amide bonds. The fourth-order valence-corrected chi connectivity index (χ4v) is 2.26. The number of amides is 1. The summed E-state index contributed by atoms with van der Waals surface area (Å²) < 4.78 is 5.04. The minimum Gasteiger partial charge on any atom is -0.466 e. The maximum absolute atomic E-state index is 11.9. The summed E-state index contributed by atoms with van der Waals surface area (Å²) >= 11 is 0. The summed E-state index contributed by atoms with van der Waals surface area (Å²) in [6, 6.07) is 0.194. The van der Waals surface area contributed by atoms with Gasteiger partial charge >= 0.3 is 5.97 Å². The summed E-state index contributed by atoms with van der Waals surface area (Å²) in [7, 11) is 0. The molecule has 5 heteroatoms. The lowest BCUT2D eigenvalue weighted by Gasteiger charge is -2.30. The summed E-state index contributed by atoms with van der Waals surface area (Å²) in [6.45, 7) is 10.5. The van der Waals surface area contributed by atoms with E-state index >= 15 is 0 Å². The van der Waals surface area contributed by atoms with Crippen LogP contribution in [0.2, 0.25) is 0 Å². The van der Waals surface area contributed by atoms with Crippen molar-refractivity contribution >= 4 is 11.9 Å². The minimum absolute atomic E-state index is 0.00356. The van der Waals surface area contributed by atoms with E-state index in [9.17, 15) is 9.59 Å². The number of nitrogens with one attached hydrogen (secondary N) is 1. The molecule has 5 nitrogen and oxygen atoms in total. The molecule has 0 spiro atoms. The lowest BCUT2D eigenvalue weighted by atomic mass is 9.97. The van der Waals surface area contributed by atoms with Crippen LogP contribution in [0.4, 0.5) is 0 Å². The van der Waals surface area contributed by atoms with E-state index < -0.39 is 0 Å². The monoisotopic (exact) mass is 284 g/mol. The van der Waals surface area contributed by atoms with Crippen molar-refractivity contribution in [2.75, 3.05) is 26.2 Å². The Morgan fingerprint density at radius 3 is 2.35 bits per heavy atom. The van der Waals surface area contributed by atoms with E-state index in [1.54, 1.807) is 0 Å². The third kappa shape index (κ3) is 5.49. The predicted octanol–water partition coefficient (Wildman–Crippen LogP) is 1.42. The Morgan fingerprint density at radius 2 is 1.85 bits per heavy atom. The van der Waals surface area contributed by atoms with E-state index in [2.05, 4.69) is 24.1 Å². The number of piperidine rings is 1. The molecule has 0 aliphatic carbocycles. The first kappa shape index (κ1) is 17.0. The Balaban J connectivity index is 2.28. The predicted molar refractivity (Wildman–Crippen MR) is 78.2 cm³/mol. The number of rotatable bonds is 6. The first-order valence-corrected chi connectivity index (χ1v) is 7.62. The van der Waals surface area contributed by atoms with E-state index in [4.69, 9.17) is 4.74 Å². The van der Waals surface area contributed by atoms with Crippen molar-refractivity contribution in [1.29, 1.82) is 0 Å². The number of carbonyl (C=O) groups is 2. The number of nitrogens with zero attached hydrogens (tertiary/aromatic N) is 1. The number of ether oxygens (including phenoxy) is 1. The van der Waals surface area contributed by atoms with Crippen molar-refractivity contribution in [3.63, 3.8) is 0 Å². The normalized spacial score (nSPS) is 18.9. The summed E-state index contributed by atoms with van der Waals surface area (Å²) in [4.78, 5) is 25.6. The Labute approximate surface area is 122 Å². The fourth-order valence-electron chi connectivity index (χ4n) is 2.26. The first-order chi connectivity index (χ1) is 9.43. The SMILES string of the molecule is CCOC(=O)C1CCN(CC(=O)NC(C)C(C)C)CC1. The molecule has 1 saturated heterocycles. The molecular weight excluding hydrogens is 256 g/mol. The molecule has 1 unspecified atom stereocenters. The molecule has 0 aromatic carbocycles. The van der Waals surface area contributed by atoms with E-state index in [0.717, 1.165) is 25.9 Å². The molecular formula is C15H28N2O3. The van der Waals surface area contributed by atoms with Gasteiger partial charge in [0.05, 0.1) is 19.1 Å². The third-order valence-electron chi connectivity index (χ3n) is 3.96. The maximum atomic E-state index is 11.9. The van der Waals surface area contributed by atoms with Crippen molar-refractivity contribution in [2.24, 2.45) is 11.8 Å². The number of hydrogen-bond donors (Lipinski definition) is 1. The van der Waals surface area contributed by atoms with E-state index in [1.165, 1.54) is 0 Å². The number of carbonyl (C=O) groups excluding carboxylic acids is 2. The summed E-state index contributed by atoms with van der Waals surface area (Å²) in [5.74, 6) is 0.420. The fraction of sp³-hybridized carbons (Fsp3) is 0.867. The topological polar surface area (TPSA) is 58.6 Å². The molecule has 1 atom stereocenters. The number of hydrogen-bond acceptors (Lipinski definition) is 4. The lowest BCUT2D eigenvalue weighted by molar-refractivity contribution is -0.149. The zero-order valence-electron chi connectivity index (χ0n) is 13.1. The van der Waals surface area contributed by atoms with Crippen molar-refractivity contribution in [3.8, 4) is 0 Å². The molecule has 20 heavy (non-hydrogen) atoms. The highest BCUT2D eigenvalue weighted by Gasteiger charge is 2.26. The smallest absolute Gasteiger partial charge is 0.309 e. The van der Waals surface area contributed by atoms with Crippen LogP contribution in [0.1, 0.15) is 40.5 Å². The van der Waals surface area contributed by atoms with Crippen LogP contribution in [0.5, 0.6) is 0 Å². The molecule has 1 fully saturated rings. The third-order valence-corrected chi connectivity index (χ3v) is 3.96. The van der Waals surface area contributed by atoms with Crippen LogP contribution in [0.25, 0.3) is 0 Å². The highest BCUT2D eigenvalue weighted by Crippen LogP contribution is 2.18. The highest BCUT2D eigenvalue weighted by molar-refractivity contribution is 5.78. The molecule has 1 aliphatic heterocycles. The Kier molecular flexibility index (Phi) is 6.99. The molecule has 1 N–H and O–H groups in total. The van der Waals surface area contributed by atoms with Gasteiger partial charge in [-0.05, 0) is 45.7 Å². The number of esters is 1. The molecule has 1 rings (SSSR count). The molecule has 0 bridgehead atoms. The Bertz CT molecular complexity index is 323. The highest BCUT2D eigenvalue weighted by atomic mass is 16.5. The van der Waals surface area contributed by atoms with Gasteiger partial charge in [0.1, 0.15) is 0 Å². The number of likely N-dealkylation sites (tertiary alicyclic amines) is 1. The van der Waals surface area contributed by atoms with Crippen LogP contribution in [0, 0.1) is 11.8 Å². The molecule has 116 valence electrons. The second-order valence-electron chi connectivity index (χ2n) is 5.90. The van der Waals surface area contributed by atoms with Gasteiger partial charge in [-0.15, -0.1) is 0 Å². The van der Waals surface area contributed by atoms with Crippen LogP contribution >= 0.6 is 0 Å². The van der Waals surface area contributed by atoms with Crippen LogP contribution in [0.3, 0.4) is 0 Å². The summed E-state index contributed by atoms with van der Waals surface area (Å²) in [5, 5.41) is 3.01. The average molecular weight is 284 g/mol. The second kappa shape index (κ2) is 8.25. The Morgan fingerprint density at radius 1 is 1.25 bits per heavy atom. The van der Waals surface area contributed by atoms with Crippen LogP contribution < -0.4 is 5.32 Å². The van der Waals surface area contributed by atoms with Gasteiger partial charge in [0.15, 0.2) is 0 Å². The minimum atomic E-state index is -0.0926. The molecule has 0 aromatic rings. The molecule has 1 aliphatic rings. The molecule has 1 heterocycles. The first-order valence-electron chi connectivity index (χ1n) is 7.62. The van der Waals surface area contributed by atoms with Gasteiger partial charge in [0.2, 0.25) is 5.91 Å². The zero-order chi connectivity index (χ0) is 15.1. The lowest BCUT2D eigenvalue weighted by Crippen LogP contribution is -2.45. The summed E-state index contributed by atoms with van der Waals surface area (Å²) in [6.07, 6.45) is 1.57. The van der Waals surface area contributed by atoms with Crippen molar-refractivity contribution in [1.82, 2.24) is 10.2 Å². The van der Waals surface area contributed by atoms with E-state index in [0.29, 0.717) is 19.1 Å². The van der Waals surface area contributed by atoms with Crippen LogP contribution in [-0.2, 0) is 14.3 Å². The van der Waals surface area contributed by atoms with Crippen LogP contribution in [0.15, 0.2) is 0 Å². The van der Waals surface area contributed by atoms with Gasteiger partial charge in [-0.2, -0.15) is 0 Å². The van der Waals surface area contributed by atoms with Gasteiger partial charge in [0, 0.05) is 6.04 Å². The van der Waals surface area contributed by atoms with Crippen LogP contribution in [-0.4, -0.2) is 49.1 Å². The molecule has 0 aromatic heterocycles. The van der Waals surface area contributed by atoms with Gasteiger partial charge in [-0.1, -0.05) is 13.8 Å². The maximum Gasteiger partial charge on any atom is 0.309 e. The quantitative estimate of drug-likeness (QED) is 0.750. The molecule has 0 saturated carbocycles. The van der Waals surface area contributed by atoms with E-state index in [-0.39, 0.29) is 23.8 Å². The Hall–Kier alpha value is -1.10. The van der Waals surface area contributed by atoms with Gasteiger partial charge < -0.3 is 10.1 Å². The van der Waals surface area contributed by atoms with Gasteiger partial charge in [-0.25, -0.2) is 0 Å². The summed E-state index contributed by atoms with van der Waals surface area (Å²) in [5.41, 5.74) is 0. The van der Waals surface area contributed by atoms with Gasteiger partial charge in [0.25, 0.3) is 0 Å². The van der Waals surface area contributed by atoms with Crippen molar-refractivity contribution in [3.05, 3.63) is 0 Å². The largest absolute Gasteiger partial charge is 0.466 e. The van der Waals surface area contributed by atoms with Crippen molar-refractivity contribution in [2.45, 2.75) is 46.6 Å². The molecule has 0 radical (unpaired) electrons. The standard InChI is InChI=1S/C15H28N2O3/c1-5-20-15(19)13-6-8-17(9-7-13)10-14(18)16-12(4)11(2)3/h11-13H,5-10H2,1-4H3,(H,16,18). The van der Waals surface area contributed by atoms with Gasteiger partial charge in [-0.3, -0.25) is 14.5 Å².